The molecule has 0 saturated carbocycles. The van der Waals surface area contributed by atoms with Gasteiger partial charge in [-0.15, -0.1) is 0 Å². The van der Waals surface area contributed by atoms with Crippen molar-refractivity contribution in [1.29, 1.82) is 0 Å². The smallest absolute Gasteiger partial charge is 0.345 e. The highest BCUT2D eigenvalue weighted by Crippen LogP contribution is 2.27. The van der Waals surface area contributed by atoms with Crippen LogP contribution in [-0.2, 0) is 9.47 Å². The van der Waals surface area contributed by atoms with E-state index in [9.17, 15) is 9.90 Å². The van der Waals surface area contributed by atoms with E-state index < -0.39 is 5.97 Å². The zero-order valence-corrected chi connectivity index (χ0v) is 11.5. The summed E-state index contributed by atoms with van der Waals surface area (Å²) in [6, 6.07) is 4.65. The van der Waals surface area contributed by atoms with Crippen molar-refractivity contribution in [3.05, 3.63) is 23.8 Å². The Bertz CT molecular complexity index is 457. The van der Waals surface area contributed by atoms with Crippen LogP contribution in [-0.4, -0.2) is 62.5 Å². The Hall–Kier alpha value is -1.79. The molecule has 6 nitrogen and oxygen atoms in total. The lowest BCUT2D eigenvalue weighted by Crippen LogP contribution is -2.38. The maximum Gasteiger partial charge on any atom is 0.345 e. The number of hydrogen-bond acceptors (Lipinski definition) is 6. The summed E-state index contributed by atoms with van der Waals surface area (Å²) in [6.45, 7) is 4.04. The molecule has 1 heterocycles. The SMILES string of the molecule is COc1cccc(O)c1C(=O)OCCN1CCOCC1. The van der Waals surface area contributed by atoms with Gasteiger partial charge >= 0.3 is 5.97 Å². The van der Waals surface area contributed by atoms with Crippen molar-refractivity contribution in [1.82, 2.24) is 4.90 Å². The first kappa shape index (κ1) is 14.6. The molecule has 0 unspecified atom stereocenters. The van der Waals surface area contributed by atoms with Crippen LogP contribution >= 0.6 is 0 Å². The largest absolute Gasteiger partial charge is 0.507 e. The van der Waals surface area contributed by atoms with E-state index >= 15 is 0 Å². The topological polar surface area (TPSA) is 68.2 Å². The number of ether oxygens (including phenoxy) is 3. The molecule has 1 aliphatic heterocycles. The Labute approximate surface area is 117 Å². The molecule has 1 fully saturated rings. The number of carbonyl (C=O) groups is 1. The monoisotopic (exact) mass is 281 g/mol. The van der Waals surface area contributed by atoms with Crippen LogP contribution in [0.5, 0.6) is 11.5 Å². The number of esters is 1. The van der Waals surface area contributed by atoms with Gasteiger partial charge in [0.15, 0.2) is 0 Å². The van der Waals surface area contributed by atoms with Crippen molar-refractivity contribution in [3.63, 3.8) is 0 Å². The van der Waals surface area contributed by atoms with Crippen LogP contribution in [0.25, 0.3) is 0 Å². The third kappa shape index (κ3) is 3.61. The molecule has 0 spiro atoms. The van der Waals surface area contributed by atoms with E-state index in [1.54, 1.807) is 12.1 Å². The maximum absolute atomic E-state index is 12.0. The molecule has 1 aromatic carbocycles. The molecule has 0 aromatic heterocycles. The van der Waals surface area contributed by atoms with E-state index in [2.05, 4.69) is 4.90 Å². The van der Waals surface area contributed by atoms with Gasteiger partial charge in [0.2, 0.25) is 0 Å². The van der Waals surface area contributed by atoms with Crippen LogP contribution in [0.4, 0.5) is 0 Å². The van der Waals surface area contributed by atoms with Crippen LogP contribution in [0.1, 0.15) is 10.4 Å². The quantitative estimate of drug-likeness (QED) is 0.808. The number of phenolic OH excluding ortho intramolecular Hbond substituents is 1. The molecular weight excluding hydrogens is 262 g/mol. The van der Waals surface area contributed by atoms with Gasteiger partial charge < -0.3 is 19.3 Å². The molecule has 110 valence electrons. The van der Waals surface area contributed by atoms with Gasteiger partial charge in [0.05, 0.1) is 20.3 Å². The Morgan fingerprint density at radius 2 is 2.15 bits per heavy atom. The predicted molar refractivity (Wildman–Crippen MR) is 72.2 cm³/mol. The number of morpholine rings is 1. The van der Waals surface area contributed by atoms with Crippen molar-refractivity contribution in [2.75, 3.05) is 46.6 Å². The standard InChI is InChI=1S/C14H19NO5/c1-18-12-4-2-3-11(16)13(12)14(17)20-10-7-15-5-8-19-9-6-15/h2-4,16H,5-10H2,1H3. The van der Waals surface area contributed by atoms with E-state index in [1.165, 1.54) is 13.2 Å². The normalized spacial score (nSPS) is 15.8. The van der Waals surface area contributed by atoms with Gasteiger partial charge in [-0.25, -0.2) is 4.79 Å². The molecule has 6 heteroatoms. The lowest BCUT2D eigenvalue weighted by molar-refractivity contribution is 0.0193. The van der Waals surface area contributed by atoms with E-state index in [1.807, 2.05) is 0 Å². The van der Waals surface area contributed by atoms with E-state index in [-0.39, 0.29) is 17.9 Å². The van der Waals surface area contributed by atoms with Gasteiger partial charge in [-0.05, 0) is 12.1 Å². The second-order valence-electron chi connectivity index (χ2n) is 4.44. The molecule has 0 amide bonds. The molecule has 0 atom stereocenters. The third-order valence-corrected chi connectivity index (χ3v) is 3.17. The Morgan fingerprint density at radius 1 is 1.40 bits per heavy atom. The number of aromatic hydroxyl groups is 1. The van der Waals surface area contributed by atoms with Crippen LogP contribution in [0.3, 0.4) is 0 Å². The molecule has 0 aliphatic carbocycles. The number of benzene rings is 1. The van der Waals surface area contributed by atoms with Crippen LogP contribution in [0, 0.1) is 0 Å². The molecule has 0 radical (unpaired) electrons. The van der Waals surface area contributed by atoms with Gasteiger partial charge in [0.25, 0.3) is 0 Å². The maximum atomic E-state index is 12.0. The number of carbonyl (C=O) groups excluding carboxylic acids is 1. The van der Waals surface area contributed by atoms with Crippen LogP contribution in [0.15, 0.2) is 18.2 Å². The lowest BCUT2D eigenvalue weighted by Gasteiger charge is -2.26. The number of methoxy groups -OCH3 is 1. The molecule has 0 bridgehead atoms. The highest BCUT2D eigenvalue weighted by Gasteiger charge is 2.19. The molecule has 1 aromatic rings. The fourth-order valence-corrected chi connectivity index (χ4v) is 2.06. The second-order valence-corrected chi connectivity index (χ2v) is 4.44. The Morgan fingerprint density at radius 3 is 2.85 bits per heavy atom. The first-order chi connectivity index (χ1) is 9.72. The summed E-state index contributed by atoms with van der Waals surface area (Å²) < 4.78 is 15.5. The second kappa shape index (κ2) is 7.12. The summed E-state index contributed by atoms with van der Waals surface area (Å²) >= 11 is 0. The average molecular weight is 281 g/mol. The van der Waals surface area contributed by atoms with Crippen molar-refractivity contribution in [2.45, 2.75) is 0 Å². The summed E-state index contributed by atoms with van der Waals surface area (Å²) in [7, 11) is 1.44. The zero-order valence-electron chi connectivity index (χ0n) is 11.5. The summed E-state index contributed by atoms with van der Waals surface area (Å²) in [4.78, 5) is 14.1. The van der Waals surface area contributed by atoms with Gasteiger partial charge in [0.1, 0.15) is 23.7 Å². The summed E-state index contributed by atoms with van der Waals surface area (Å²) in [6.07, 6.45) is 0. The van der Waals surface area contributed by atoms with Gasteiger partial charge in [-0.1, -0.05) is 6.07 Å². The van der Waals surface area contributed by atoms with Gasteiger partial charge in [-0.3, -0.25) is 4.90 Å². The molecule has 1 N–H and O–H groups in total. The van der Waals surface area contributed by atoms with Gasteiger partial charge in [-0.2, -0.15) is 0 Å². The summed E-state index contributed by atoms with van der Waals surface area (Å²) in [5, 5.41) is 9.73. The summed E-state index contributed by atoms with van der Waals surface area (Å²) in [5.41, 5.74) is 0.0666. The predicted octanol–water partition coefficient (Wildman–Crippen LogP) is 0.890. The van der Waals surface area contributed by atoms with Crippen molar-refractivity contribution < 1.29 is 24.1 Å². The number of phenols is 1. The number of hydrogen-bond donors (Lipinski definition) is 1. The van der Waals surface area contributed by atoms with Crippen molar-refractivity contribution in [3.8, 4) is 11.5 Å². The lowest BCUT2D eigenvalue weighted by atomic mass is 10.2. The van der Waals surface area contributed by atoms with Crippen LogP contribution in [0.2, 0.25) is 0 Å². The number of rotatable bonds is 5. The minimum Gasteiger partial charge on any atom is -0.507 e. The summed E-state index contributed by atoms with van der Waals surface area (Å²) in [5.74, 6) is -0.407. The van der Waals surface area contributed by atoms with Crippen LogP contribution < -0.4 is 4.74 Å². The van der Waals surface area contributed by atoms with E-state index in [0.717, 1.165) is 13.1 Å². The molecule has 1 aliphatic rings. The minimum absolute atomic E-state index is 0.0666. The average Bonchev–Trinajstić information content (AvgIpc) is 2.47. The Kier molecular flexibility index (Phi) is 5.20. The van der Waals surface area contributed by atoms with Gasteiger partial charge in [0, 0.05) is 19.6 Å². The highest BCUT2D eigenvalue weighted by molar-refractivity contribution is 5.95. The minimum atomic E-state index is -0.576. The molecule has 1 saturated heterocycles. The molecular formula is C14H19NO5. The first-order valence-corrected chi connectivity index (χ1v) is 6.55. The third-order valence-electron chi connectivity index (χ3n) is 3.17. The molecule has 2 rings (SSSR count). The van der Waals surface area contributed by atoms with Crippen molar-refractivity contribution in [2.24, 2.45) is 0 Å². The molecule has 20 heavy (non-hydrogen) atoms. The zero-order chi connectivity index (χ0) is 14.4. The number of nitrogens with zero attached hydrogens (tertiary/aromatic N) is 1. The highest BCUT2D eigenvalue weighted by atomic mass is 16.5. The fraction of sp³-hybridized carbons (Fsp3) is 0.500. The first-order valence-electron chi connectivity index (χ1n) is 6.55. The van der Waals surface area contributed by atoms with Crippen molar-refractivity contribution >= 4 is 5.97 Å². The fourth-order valence-electron chi connectivity index (χ4n) is 2.06. The van der Waals surface area contributed by atoms with E-state index in [0.29, 0.717) is 25.5 Å². The van der Waals surface area contributed by atoms with E-state index in [4.69, 9.17) is 14.2 Å². The Balaban J connectivity index is 1.88.